The van der Waals surface area contributed by atoms with Gasteiger partial charge in [-0.25, -0.2) is 0 Å². The summed E-state index contributed by atoms with van der Waals surface area (Å²) in [5.41, 5.74) is 0.921. The van der Waals surface area contributed by atoms with Crippen LogP contribution in [0.1, 0.15) is 18.4 Å². The van der Waals surface area contributed by atoms with Crippen LogP contribution in [0.25, 0.3) is 0 Å². The van der Waals surface area contributed by atoms with E-state index in [2.05, 4.69) is 5.32 Å². The molecule has 1 aromatic carbocycles. The molecule has 2 fully saturated rings. The van der Waals surface area contributed by atoms with Crippen LogP contribution in [0.2, 0.25) is 0 Å². The molecule has 1 radical (unpaired) electrons. The Morgan fingerprint density at radius 3 is 2.80 bits per heavy atom. The van der Waals surface area contributed by atoms with Crippen LogP contribution in [0.3, 0.4) is 0 Å². The molecule has 1 saturated carbocycles. The van der Waals surface area contributed by atoms with Gasteiger partial charge in [-0.15, -0.1) is 0 Å². The topological polar surface area (TPSA) is 63.2 Å². The monoisotopic (exact) mass is 288 g/mol. The molecule has 0 bridgehead atoms. The van der Waals surface area contributed by atoms with E-state index in [1.165, 1.54) is 0 Å². The summed E-state index contributed by atoms with van der Waals surface area (Å²) in [5.74, 6) is -1.04. The number of rotatable bonds is 3. The molecule has 2 atom stereocenters. The third-order valence-electron chi connectivity index (χ3n) is 3.81. The molecule has 0 unspecified atom stereocenters. The van der Waals surface area contributed by atoms with Gasteiger partial charge in [0.1, 0.15) is 4.75 Å². The van der Waals surface area contributed by atoms with E-state index in [9.17, 15) is 14.4 Å². The number of carbonyl (C=O) groups excluding carboxylic acids is 3. The third-order valence-corrected chi connectivity index (χ3v) is 5.19. The SMILES string of the molecule is O=C(Cc1ccccc1)S[C@]12CC[CH][C@H]1C(=O)NC2=O. The zero-order valence-corrected chi connectivity index (χ0v) is 11.6. The molecule has 1 saturated heterocycles. The van der Waals surface area contributed by atoms with Crippen molar-refractivity contribution in [3.63, 3.8) is 0 Å². The third kappa shape index (κ3) is 2.16. The highest BCUT2D eigenvalue weighted by Crippen LogP contribution is 2.49. The van der Waals surface area contributed by atoms with E-state index in [1.807, 2.05) is 36.8 Å². The zero-order valence-electron chi connectivity index (χ0n) is 10.8. The predicted octanol–water partition coefficient (Wildman–Crippen LogP) is 1.50. The van der Waals surface area contributed by atoms with Crippen LogP contribution in [0, 0.1) is 12.3 Å². The van der Waals surface area contributed by atoms with Gasteiger partial charge in [-0.3, -0.25) is 19.7 Å². The number of nitrogens with one attached hydrogen (secondary N) is 1. The van der Waals surface area contributed by atoms with Crippen molar-refractivity contribution in [3.05, 3.63) is 42.3 Å². The minimum atomic E-state index is -0.900. The van der Waals surface area contributed by atoms with Gasteiger partial charge in [-0.1, -0.05) is 42.1 Å². The molecule has 1 N–H and O–H groups in total. The molecular formula is C15H14NO3S. The summed E-state index contributed by atoms with van der Waals surface area (Å²) in [7, 11) is 0. The first kappa shape index (κ1) is 13.4. The van der Waals surface area contributed by atoms with Gasteiger partial charge in [0.2, 0.25) is 11.8 Å². The fourth-order valence-electron chi connectivity index (χ4n) is 2.84. The molecule has 1 aromatic rings. The quantitative estimate of drug-likeness (QED) is 0.856. The molecule has 103 valence electrons. The summed E-state index contributed by atoms with van der Waals surface area (Å²) in [5, 5.41) is 2.28. The summed E-state index contributed by atoms with van der Waals surface area (Å²) in [6.45, 7) is 0. The van der Waals surface area contributed by atoms with Crippen molar-refractivity contribution in [2.75, 3.05) is 0 Å². The van der Waals surface area contributed by atoms with Crippen molar-refractivity contribution in [2.24, 2.45) is 5.92 Å². The summed E-state index contributed by atoms with van der Waals surface area (Å²) in [6, 6.07) is 9.42. The number of amides is 2. The Labute approximate surface area is 121 Å². The van der Waals surface area contributed by atoms with E-state index in [1.54, 1.807) is 0 Å². The Hall–Kier alpha value is -1.62. The average molecular weight is 288 g/mol. The lowest BCUT2D eigenvalue weighted by atomic mass is 9.98. The second-order valence-corrected chi connectivity index (χ2v) is 6.48. The standard InChI is InChI=1S/C15H14NO3S/c17-12(9-10-5-2-1-3-6-10)20-15-8-4-7-11(15)13(18)16-14(15)19/h1-3,5-7,11H,4,8-9H2,(H,16,18,19)/t11-,15+/m0/s1. The Bertz CT molecular complexity index is 572. The van der Waals surface area contributed by atoms with Gasteiger partial charge in [-0.05, 0) is 24.8 Å². The summed E-state index contributed by atoms with van der Waals surface area (Å²) in [6.07, 6.45) is 3.39. The average Bonchev–Trinajstić information content (AvgIpc) is 2.92. The summed E-state index contributed by atoms with van der Waals surface area (Å²) >= 11 is 1.03. The normalized spacial score (nSPS) is 28.3. The highest BCUT2D eigenvalue weighted by molar-refractivity contribution is 8.15. The van der Waals surface area contributed by atoms with Crippen LogP contribution in [0.4, 0.5) is 0 Å². The summed E-state index contributed by atoms with van der Waals surface area (Å²) < 4.78 is -0.900. The van der Waals surface area contributed by atoms with Crippen molar-refractivity contribution in [3.8, 4) is 0 Å². The van der Waals surface area contributed by atoms with Crippen molar-refractivity contribution >= 4 is 28.7 Å². The van der Waals surface area contributed by atoms with E-state index in [-0.39, 0.29) is 23.4 Å². The highest BCUT2D eigenvalue weighted by Gasteiger charge is 2.59. The second-order valence-electron chi connectivity index (χ2n) is 5.10. The maximum atomic E-state index is 12.2. The zero-order chi connectivity index (χ0) is 14.2. The van der Waals surface area contributed by atoms with Crippen molar-refractivity contribution in [2.45, 2.75) is 24.0 Å². The van der Waals surface area contributed by atoms with E-state index in [0.717, 1.165) is 17.3 Å². The van der Waals surface area contributed by atoms with Gasteiger partial charge in [0.25, 0.3) is 0 Å². The van der Waals surface area contributed by atoms with Crippen molar-refractivity contribution in [1.82, 2.24) is 5.32 Å². The molecule has 1 aliphatic heterocycles. The smallest absolute Gasteiger partial charge is 0.244 e. The molecule has 3 rings (SSSR count). The van der Waals surface area contributed by atoms with Crippen LogP contribution in [0.5, 0.6) is 0 Å². The molecule has 1 heterocycles. The van der Waals surface area contributed by atoms with Crippen molar-refractivity contribution < 1.29 is 14.4 Å². The lowest BCUT2D eigenvalue weighted by Gasteiger charge is -2.22. The lowest BCUT2D eigenvalue weighted by Crippen LogP contribution is -2.37. The number of carbonyl (C=O) groups is 3. The van der Waals surface area contributed by atoms with Gasteiger partial charge >= 0.3 is 0 Å². The molecule has 1 aliphatic carbocycles. The maximum Gasteiger partial charge on any atom is 0.244 e. The molecule has 4 nitrogen and oxygen atoms in total. The second kappa shape index (κ2) is 5.05. The minimum absolute atomic E-state index is 0.0682. The largest absolute Gasteiger partial charge is 0.295 e. The number of thioether (sulfide) groups is 1. The molecule has 0 aromatic heterocycles. The van der Waals surface area contributed by atoms with E-state index >= 15 is 0 Å². The number of imide groups is 1. The van der Waals surface area contributed by atoms with Crippen LogP contribution in [-0.4, -0.2) is 21.7 Å². The Morgan fingerprint density at radius 1 is 1.30 bits per heavy atom. The number of hydrogen-bond acceptors (Lipinski definition) is 4. The van der Waals surface area contributed by atoms with E-state index in [4.69, 9.17) is 0 Å². The first-order chi connectivity index (χ1) is 9.62. The Balaban J connectivity index is 1.75. The van der Waals surface area contributed by atoms with Gasteiger partial charge in [0, 0.05) is 6.42 Å². The molecule has 2 aliphatic rings. The van der Waals surface area contributed by atoms with Crippen LogP contribution in [0.15, 0.2) is 30.3 Å². The lowest BCUT2D eigenvalue weighted by molar-refractivity contribution is -0.126. The molecule has 5 heteroatoms. The molecule has 20 heavy (non-hydrogen) atoms. The van der Waals surface area contributed by atoms with Gasteiger partial charge in [0.05, 0.1) is 5.92 Å². The molecule has 0 spiro atoms. The van der Waals surface area contributed by atoms with Crippen molar-refractivity contribution in [1.29, 1.82) is 0 Å². The summed E-state index contributed by atoms with van der Waals surface area (Å²) in [4.78, 5) is 36.0. The number of hydrogen-bond donors (Lipinski definition) is 1. The fraction of sp³-hybridized carbons (Fsp3) is 0.333. The highest BCUT2D eigenvalue weighted by atomic mass is 32.2. The Morgan fingerprint density at radius 2 is 2.05 bits per heavy atom. The van der Waals surface area contributed by atoms with E-state index < -0.39 is 10.7 Å². The van der Waals surface area contributed by atoms with Gasteiger partial charge in [-0.2, -0.15) is 0 Å². The number of benzene rings is 1. The molecular weight excluding hydrogens is 274 g/mol. The predicted molar refractivity (Wildman–Crippen MR) is 75.6 cm³/mol. The number of fused-ring (bicyclic) bond motifs is 1. The first-order valence-corrected chi connectivity index (χ1v) is 7.38. The van der Waals surface area contributed by atoms with Gasteiger partial charge in [0.15, 0.2) is 5.12 Å². The minimum Gasteiger partial charge on any atom is -0.295 e. The fourth-order valence-corrected chi connectivity index (χ4v) is 4.18. The van der Waals surface area contributed by atoms with E-state index in [0.29, 0.717) is 12.8 Å². The van der Waals surface area contributed by atoms with Crippen LogP contribution in [-0.2, 0) is 20.8 Å². The van der Waals surface area contributed by atoms with Gasteiger partial charge < -0.3 is 0 Å². The van der Waals surface area contributed by atoms with Crippen LogP contribution < -0.4 is 5.32 Å². The maximum absolute atomic E-state index is 12.2. The molecule has 2 amide bonds. The van der Waals surface area contributed by atoms with Crippen LogP contribution >= 0.6 is 11.8 Å². The first-order valence-electron chi connectivity index (χ1n) is 6.56. The Kier molecular flexibility index (Phi) is 3.38.